The number of carbonyl (C=O) groups is 1. The normalized spacial score (nSPS) is 19.8. The van der Waals surface area contributed by atoms with Gasteiger partial charge in [-0.05, 0) is 25.5 Å². The molecule has 1 aromatic heterocycles. The largest absolute Gasteiger partial charge is 0.373 e. The molecule has 1 aromatic rings. The van der Waals surface area contributed by atoms with E-state index in [1.165, 1.54) is 0 Å². The van der Waals surface area contributed by atoms with Crippen LogP contribution in [0.15, 0.2) is 18.3 Å². The van der Waals surface area contributed by atoms with E-state index in [9.17, 15) is 4.79 Å². The number of nitrogens with one attached hydrogen (secondary N) is 2. The van der Waals surface area contributed by atoms with Crippen molar-refractivity contribution in [3.05, 3.63) is 23.9 Å². The molecule has 2 rings (SSSR count). The Hall–Kier alpha value is -1.62. The molecule has 0 aliphatic carbocycles. The van der Waals surface area contributed by atoms with E-state index in [0.717, 1.165) is 37.3 Å². The molecule has 98 valence electrons. The zero-order chi connectivity index (χ0) is 13.0. The van der Waals surface area contributed by atoms with E-state index in [-0.39, 0.29) is 11.9 Å². The first-order valence-electron chi connectivity index (χ1n) is 6.33. The molecule has 1 atom stereocenters. The summed E-state index contributed by atoms with van der Waals surface area (Å²) < 4.78 is 0. The molecule has 0 saturated carbocycles. The van der Waals surface area contributed by atoms with Crippen LogP contribution in [-0.2, 0) is 11.3 Å². The molecule has 1 aliphatic heterocycles. The summed E-state index contributed by atoms with van der Waals surface area (Å²) in [7, 11) is 3.56. The smallest absolute Gasteiger partial charge is 0.237 e. The fraction of sp³-hybridized carbons (Fsp3) is 0.538. The number of hydrogen-bond acceptors (Lipinski definition) is 4. The second-order valence-corrected chi connectivity index (χ2v) is 4.50. The molecular weight excluding hydrogens is 228 g/mol. The lowest BCUT2D eigenvalue weighted by Gasteiger charge is -2.23. The quantitative estimate of drug-likeness (QED) is 0.829. The van der Waals surface area contributed by atoms with Crippen molar-refractivity contribution in [3.63, 3.8) is 0 Å². The summed E-state index contributed by atoms with van der Waals surface area (Å²) in [5, 5.41) is 5.83. The highest BCUT2D eigenvalue weighted by Crippen LogP contribution is 2.22. The van der Waals surface area contributed by atoms with E-state index in [2.05, 4.69) is 26.6 Å². The Balaban J connectivity index is 2.10. The molecule has 18 heavy (non-hydrogen) atoms. The zero-order valence-electron chi connectivity index (χ0n) is 10.9. The Morgan fingerprint density at radius 2 is 2.39 bits per heavy atom. The van der Waals surface area contributed by atoms with Crippen LogP contribution in [0.5, 0.6) is 0 Å². The van der Waals surface area contributed by atoms with Gasteiger partial charge in [0.05, 0.1) is 6.04 Å². The van der Waals surface area contributed by atoms with Gasteiger partial charge in [-0.15, -0.1) is 0 Å². The lowest BCUT2D eigenvalue weighted by atomic mass is 10.2. The Morgan fingerprint density at radius 3 is 3.11 bits per heavy atom. The highest BCUT2D eigenvalue weighted by atomic mass is 16.2. The van der Waals surface area contributed by atoms with Crippen LogP contribution in [0.4, 0.5) is 5.82 Å². The molecule has 0 aromatic carbocycles. The van der Waals surface area contributed by atoms with Gasteiger partial charge in [-0.3, -0.25) is 9.69 Å². The fourth-order valence-electron chi connectivity index (χ4n) is 2.49. The monoisotopic (exact) mass is 248 g/mol. The molecule has 1 amide bonds. The van der Waals surface area contributed by atoms with E-state index in [1.54, 1.807) is 13.2 Å². The van der Waals surface area contributed by atoms with Gasteiger partial charge in [0.1, 0.15) is 5.82 Å². The third kappa shape index (κ3) is 2.61. The average Bonchev–Trinajstić information content (AvgIpc) is 2.86. The predicted molar refractivity (Wildman–Crippen MR) is 71.3 cm³/mol. The molecule has 5 heteroatoms. The number of nitrogens with zero attached hydrogens (tertiary/aromatic N) is 2. The summed E-state index contributed by atoms with van der Waals surface area (Å²) in [5.41, 5.74) is 1.14. The van der Waals surface area contributed by atoms with E-state index in [4.69, 9.17) is 0 Å². The maximum Gasteiger partial charge on any atom is 0.237 e. The summed E-state index contributed by atoms with van der Waals surface area (Å²) >= 11 is 0. The topological polar surface area (TPSA) is 57.3 Å². The Morgan fingerprint density at radius 1 is 1.56 bits per heavy atom. The summed E-state index contributed by atoms with van der Waals surface area (Å²) in [6.45, 7) is 1.73. The Bertz CT molecular complexity index is 421. The third-order valence-electron chi connectivity index (χ3n) is 3.41. The summed E-state index contributed by atoms with van der Waals surface area (Å²) in [5.74, 6) is 1.00. The van der Waals surface area contributed by atoms with Gasteiger partial charge >= 0.3 is 0 Å². The molecule has 1 aliphatic rings. The second-order valence-electron chi connectivity index (χ2n) is 4.50. The summed E-state index contributed by atoms with van der Waals surface area (Å²) in [4.78, 5) is 18.3. The number of rotatable bonds is 4. The maximum atomic E-state index is 11.8. The summed E-state index contributed by atoms with van der Waals surface area (Å²) in [6, 6.07) is 3.99. The molecule has 2 N–H and O–H groups in total. The minimum absolute atomic E-state index is 0.0000813. The van der Waals surface area contributed by atoms with Gasteiger partial charge in [-0.1, -0.05) is 6.07 Å². The van der Waals surface area contributed by atoms with Crippen LogP contribution in [0.3, 0.4) is 0 Å². The molecular formula is C13H20N4O. The highest BCUT2D eigenvalue weighted by molar-refractivity contribution is 5.81. The zero-order valence-corrected chi connectivity index (χ0v) is 10.9. The van der Waals surface area contributed by atoms with Crippen LogP contribution in [0.25, 0.3) is 0 Å². The molecule has 5 nitrogen and oxygen atoms in total. The maximum absolute atomic E-state index is 11.8. The lowest BCUT2D eigenvalue weighted by molar-refractivity contribution is -0.125. The predicted octanol–water partition coefficient (Wildman–Crippen LogP) is 0.834. The van der Waals surface area contributed by atoms with Gasteiger partial charge in [0.15, 0.2) is 0 Å². The number of likely N-dealkylation sites (N-methyl/N-ethyl adjacent to an activating group) is 1. The van der Waals surface area contributed by atoms with Crippen molar-refractivity contribution in [1.29, 1.82) is 0 Å². The van der Waals surface area contributed by atoms with Crippen LogP contribution in [0, 0.1) is 0 Å². The fourth-order valence-corrected chi connectivity index (χ4v) is 2.49. The van der Waals surface area contributed by atoms with Gasteiger partial charge in [-0.25, -0.2) is 4.98 Å². The number of carbonyl (C=O) groups excluding carboxylic acids is 1. The second kappa shape index (κ2) is 5.82. The molecule has 0 spiro atoms. The lowest BCUT2D eigenvalue weighted by Crippen LogP contribution is -2.41. The number of likely N-dealkylation sites (tertiary alicyclic amines) is 1. The molecule has 2 heterocycles. The number of hydrogen-bond donors (Lipinski definition) is 2. The van der Waals surface area contributed by atoms with Gasteiger partial charge < -0.3 is 10.6 Å². The van der Waals surface area contributed by atoms with Crippen molar-refractivity contribution in [2.75, 3.05) is 26.0 Å². The van der Waals surface area contributed by atoms with E-state index >= 15 is 0 Å². The standard InChI is InChI=1S/C13H20N4O/c1-14-12-10(5-3-7-16-12)9-17-8-4-6-11(17)13(18)15-2/h3,5,7,11H,4,6,8-9H2,1-2H3,(H,14,16)(H,15,18). The number of amides is 1. The minimum Gasteiger partial charge on any atom is -0.373 e. The Kier molecular flexibility index (Phi) is 4.15. The molecule has 0 radical (unpaired) electrons. The first-order chi connectivity index (χ1) is 8.76. The number of anilines is 1. The third-order valence-corrected chi connectivity index (χ3v) is 3.41. The van der Waals surface area contributed by atoms with Crippen LogP contribution in [-0.4, -0.2) is 42.5 Å². The van der Waals surface area contributed by atoms with Gasteiger partial charge in [0, 0.05) is 32.4 Å². The van der Waals surface area contributed by atoms with E-state index in [1.807, 2.05) is 13.1 Å². The molecule has 1 unspecified atom stereocenters. The van der Waals surface area contributed by atoms with E-state index in [0.29, 0.717) is 0 Å². The minimum atomic E-state index is -0.0000813. The van der Waals surface area contributed by atoms with Crippen molar-refractivity contribution in [2.45, 2.75) is 25.4 Å². The first kappa shape index (κ1) is 12.8. The highest BCUT2D eigenvalue weighted by Gasteiger charge is 2.30. The SMILES string of the molecule is CNC(=O)C1CCCN1Cc1cccnc1NC. The van der Waals surface area contributed by atoms with E-state index < -0.39 is 0 Å². The van der Waals surface area contributed by atoms with Crippen molar-refractivity contribution in [1.82, 2.24) is 15.2 Å². The number of aromatic nitrogens is 1. The summed E-state index contributed by atoms with van der Waals surface area (Å²) in [6.07, 6.45) is 3.79. The Labute approximate surface area is 108 Å². The molecule has 0 bridgehead atoms. The van der Waals surface area contributed by atoms with Gasteiger partial charge in [0.2, 0.25) is 5.91 Å². The van der Waals surface area contributed by atoms with Crippen molar-refractivity contribution in [3.8, 4) is 0 Å². The van der Waals surface area contributed by atoms with Crippen LogP contribution < -0.4 is 10.6 Å². The van der Waals surface area contributed by atoms with Crippen molar-refractivity contribution in [2.24, 2.45) is 0 Å². The van der Waals surface area contributed by atoms with Gasteiger partial charge in [-0.2, -0.15) is 0 Å². The average molecular weight is 248 g/mol. The molecule has 1 saturated heterocycles. The first-order valence-corrected chi connectivity index (χ1v) is 6.33. The van der Waals surface area contributed by atoms with Crippen LogP contribution in [0.1, 0.15) is 18.4 Å². The van der Waals surface area contributed by atoms with Crippen molar-refractivity contribution >= 4 is 11.7 Å². The molecule has 1 fully saturated rings. The van der Waals surface area contributed by atoms with Crippen LogP contribution in [0.2, 0.25) is 0 Å². The van der Waals surface area contributed by atoms with Gasteiger partial charge in [0.25, 0.3) is 0 Å². The number of pyridine rings is 1. The van der Waals surface area contributed by atoms with Crippen LogP contribution >= 0.6 is 0 Å². The van der Waals surface area contributed by atoms with Crippen molar-refractivity contribution < 1.29 is 4.79 Å².